The van der Waals surface area contributed by atoms with E-state index < -0.39 is 10.0 Å². The average molecular weight is 377 g/mol. The molecular weight excluding hydrogens is 362 g/mol. The Hall–Kier alpha value is -3.45. The molecule has 0 aliphatic rings. The van der Waals surface area contributed by atoms with Crippen LogP contribution >= 0.6 is 0 Å². The van der Waals surface area contributed by atoms with Crippen molar-refractivity contribution in [2.45, 2.75) is 4.90 Å². The second-order valence-electron chi connectivity index (χ2n) is 5.70. The van der Waals surface area contributed by atoms with Crippen LogP contribution in [-0.4, -0.2) is 18.4 Å². The highest BCUT2D eigenvalue weighted by Gasteiger charge is 2.17. The van der Waals surface area contributed by atoms with Crippen LogP contribution < -0.4 is 9.46 Å². The monoisotopic (exact) mass is 377 g/mol. The molecule has 0 saturated carbocycles. The van der Waals surface area contributed by atoms with Gasteiger partial charge in [0, 0.05) is 0 Å². The van der Waals surface area contributed by atoms with Gasteiger partial charge >= 0.3 is 0 Å². The molecule has 27 heavy (non-hydrogen) atoms. The Morgan fingerprint density at radius 1 is 0.741 bits per heavy atom. The van der Waals surface area contributed by atoms with Crippen LogP contribution in [-0.2, 0) is 10.0 Å². The van der Waals surface area contributed by atoms with Gasteiger partial charge in [-0.1, -0.05) is 48.5 Å². The lowest BCUT2D eigenvalue weighted by Crippen LogP contribution is -2.15. The topological polar surface area (TPSA) is 81.2 Å². The second-order valence-corrected chi connectivity index (χ2v) is 7.39. The Kier molecular flexibility index (Phi) is 4.43. The number of aromatic nitrogens is 2. The Morgan fingerprint density at radius 2 is 1.37 bits per heavy atom. The van der Waals surface area contributed by atoms with Gasteiger partial charge in [0.2, 0.25) is 11.8 Å². The largest absolute Gasteiger partial charge is 0.438 e. The highest BCUT2D eigenvalue weighted by molar-refractivity contribution is 7.92. The molecule has 4 rings (SSSR count). The molecular formula is C20H15N3O3S. The van der Waals surface area contributed by atoms with Crippen molar-refractivity contribution < 1.29 is 13.2 Å². The number of hydrogen-bond donors (Lipinski definition) is 1. The number of sulfonamides is 1. The Balaban J connectivity index is 1.76. The average Bonchev–Trinajstić information content (AvgIpc) is 2.69. The standard InChI is InChI=1S/C20H15N3O3S/c24-27(25,16-11-5-2-6-12-16)23-20-21-18-14-8-7-13-17(18)19(22-20)26-15-9-3-1-4-10-15/h1-14H,(H,21,22,23). The van der Waals surface area contributed by atoms with E-state index in [1.807, 2.05) is 36.4 Å². The molecule has 0 atom stereocenters. The number of nitrogens with one attached hydrogen (secondary N) is 1. The van der Waals surface area contributed by atoms with E-state index >= 15 is 0 Å². The van der Waals surface area contributed by atoms with Crippen molar-refractivity contribution in [2.75, 3.05) is 4.72 Å². The Bertz CT molecular complexity index is 1180. The van der Waals surface area contributed by atoms with Crippen molar-refractivity contribution in [2.24, 2.45) is 0 Å². The van der Waals surface area contributed by atoms with E-state index in [9.17, 15) is 8.42 Å². The van der Waals surface area contributed by atoms with E-state index in [0.717, 1.165) is 0 Å². The Morgan fingerprint density at radius 3 is 2.11 bits per heavy atom. The van der Waals surface area contributed by atoms with Crippen LogP contribution in [0.2, 0.25) is 0 Å². The summed E-state index contributed by atoms with van der Waals surface area (Å²) in [5.74, 6) is 0.819. The minimum atomic E-state index is -3.80. The van der Waals surface area contributed by atoms with Crippen molar-refractivity contribution in [1.29, 1.82) is 0 Å². The van der Waals surface area contributed by atoms with Crippen LogP contribution in [0.5, 0.6) is 11.6 Å². The molecule has 0 unspecified atom stereocenters. The molecule has 0 fully saturated rings. The third kappa shape index (κ3) is 3.73. The summed E-state index contributed by atoms with van der Waals surface area (Å²) in [7, 11) is -3.80. The number of ether oxygens (including phenoxy) is 1. The Labute approximate surface area is 156 Å². The van der Waals surface area contributed by atoms with Crippen LogP contribution in [0.3, 0.4) is 0 Å². The quantitative estimate of drug-likeness (QED) is 0.563. The van der Waals surface area contributed by atoms with Gasteiger partial charge in [-0.25, -0.2) is 18.1 Å². The first-order chi connectivity index (χ1) is 13.1. The van der Waals surface area contributed by atoms with Gasteiger partial charge in [-0.15, -0.1) is 0 Å². The van der Waals surface area contributed by atoms with Gasteiger partial charge < -0.3 is 4.74 Å². The van der Waals surface area contributed by atoms with E-state index in [2.05, 4.69) is 14.7 Å². The lowest BCUT2D eigenvalue weighted by atomic mass is 10.2. The molecule has 1 N–H and O–H groups in total. The minimum absolute atomic E-state index is 0.0523. The summed E-state index contributed by atoms with van der Waals surface area (Å²) in [5.41, 5.74) is 0.573. The van der Waals surface area contributed by atoms with Crippen molar-refractivity contribution in [3.63, 3.8) is 0 Å². The number of hydrogen-bond acceptors (Lipinski definition) is 5. The smallest absolute Gasteiger partial charge is 0.264 e. The third-order valence-electron chi connectivity index (χ3n) is 3.81. The summed E-state index contributed by atoms with van der Waals surface area (Å²) < 4.78 is 33.4. The molecule has 0 amide bonds. The minimum Gasteiger partial charge on any atom is -0.438 e. The lowest BCUT2D eigenvalue weighted by molar-refractivity contribution is 0.469. The first-order valence-electron chi connectivity index (χ1n) is 8.19. The SMILES string of the molecule is O=S(=O)(Nc1nc(Oc2ccccc2)c2ccccc2n1)c1ccccc1. The van der Waals surface area contributed by atoms with Crippen LogP contribution in [0.25, 0.3) is 10.9 Å². The van der Waals surface area contributed by atoms with Crippen LogP contribution in [0, 0.1) is 0 Å². The molecule has 1 heterocycles. The van der Waals surface area contributed by atoms with Gasteiger partial charge in [0.1, 0.15) is 5.75 Å². The summed E-state index contributed by atoms with van der Waals surface area (Å²) in [6.45, 7) is 0. The number of benzene rings is 3. The molecule has 134 valence electrons. The fraction of sp³-hybridized carbons (Fsp3) is 0. The normalized spacial score (nSPS) is 11.3. The van der Waals surface area contributed by atoms with Gasteiger partial charge in [-0.05, 0) is 36.4 Å². The van der Waals surface area contributed by atoms with Gasteiger partial charge in [0.25, 0.3) is 10.0 Å². The fourth-order valence-electron chi connectivity index (χ4n) is 2.55. The van der Waals surface area contributed by atoms with Crippen LogP contribution in [0.15, 0.2) is 89.8 Å². The predicted molar refractivity (Wildman–Crippen MR) is 103 cm³/mol. The second kappa shape index (κ2) is 7.05. The first kappa shape index (κ1) is 17.0. The van der Waals surface area contributed by atoms with Gasteiger partial charge in [-0.3, -0.25) is 0 Å². The summed E-state index contributed by atoms with van der Waals surface area (Å²) in [6, 6.07) is 24.5. The molecule has 0 radical (unpaired) electrons. The maximum atomic E-state index is 12.6. The molecule has 4 aromatic rings. The number of para-hydroxylation sites is 2. The highest BCUT2D eigenvalue weighted by Crippen LogP contribution is 2.28. The number of fused-ring (bicyclic) bond motifs is 1. The number of rotatable bonds is 5. The lowest BCUT2D eigenvalue weighted by Gasteiger charge is -2.11. The van der Waals surface area contributed by atoms with Crippen molar-refractivity contribution in [1.82, 2.24) is 9.97 Å². The van der Waals surface area contributed by atoms with E-state index in [-0.39, 0.29) is 16.7 Å². The molecule has 1 aromatic heterocycles. The van der Waals surface area contributed by atoms with Crippen LogP contribution in [0.1, 0.15) is 0 Å². The molecule has 3 aromatic carbocycles. The molecule has 0 bridgehead atoms. The summed E-state index contributed by atoms with van der Waals surface area (Å²) in [6.07, 6.45) is 0. The van der Waals surface area contributed by atoms with Crippen molar-refractivity contribution >= 4 is 26.9 Å². The van der Waals surface area contributed by atoms with Crippen molar-refractivity contribution in [3.8, 4) is 11.6 Å². The number of nitrogens with zero attached hydrogens (tertiary/aromatic N) is 2. The summed E-state index contributed by atoms with van der Waals surface area (Å²) in [4.78, 5) is 8.72. The van der Waals surface area contributed by atoms with Gasteiger partial charge in [-0.2, -0.15) is 4.98 Å². The molecule has 0 saturated heterocycles. The molecule has 7 heteroatoms. The summed E-state index contributed by atoms with van der Waals surface area (Å²) in [5, 5.41) is 0.684. The zero-order valence-electron chi connectivity index (χ0n) is 14.1. The summed E-state index contributed by atoms with van der Waals surface area (Å²) >= 11 is 0. The van der Waals surface area contributed by atoms with Gasteiger partial charge in [0.15, 0.2) is 0 Å². The fourth-order valence-corrected chi connectivity index (χ4v) is 3.51. The zero-order valence-corrected chi connectivity index (χ0v) is 14.9. The predicted octanol–water partition coefficient (Wildman–Crippen LogP) is 4.22. The molecule has 0 aliphatic heterocycles. The third-order valence-corrected chi connectivity index (χ3v) is 5.15. The van der Waals surface area contributed by atoms with Crippen molar-refractivity contribution in [3.05, 3.63) is 84.9 Å². The molecule has 0 aliphatic carbocycles. The van der Waals surface area contributed by atoms with Crippen LogP contribution in [0.4, 0.5) is 5.95 Å². The highest BCUT2D eigenvalue weighted by atomic mass is 32.2. The van der Waals surface area contributed by atoms with Gasteiger partial charge in [0.05, 0.1) is 15.8 Å². The maximum absolute atomic E-state index is 12.6. The molecule has 6 nitrogen and oxygen atoms in total. The van der Waals surface area contributed by atoms with E-state index in [1.165, 1.54) is 12.1 Å². The maximum Gasteiger partial charge on any atom is 0.264 e. The van der Waals surface area contributed by atoms with E-state index in [4.69, 9.17) is 4.74 Å². The molecule has 0 spiro atoms. The number of anilines is 1. The zero-order chi connectivity index (χ0) is 18.7. The van der Waals surface area contributed by atoms with E-state index in [0.29, 0.717) is 16.7 Å². The first-order valence-corrected chi connectivity index (χ1v) is 9.68. The van der Waals surface area contributed by atoms with E-state index in [1.54, 1.807) is 36.4 Å².